The molecule has 0 radical (unpaired) electrons. The van der Waals surface area contributed by atoms with E-state index in [1.165, 1.54) is 47.6 Å². The number of hydrogen-bond acceptors (Lipinski definition) is 5. The largest absolute Gasteiger partial charge is 0.392 e. The first-order chi connectivity index (χ1) is 20.2. The minimum atomic E-state index is -1.17. The van der Waals surface area contributed by atoms with Crippen LogP contribution in [0.15, 0.2) is 41.3 Å². The molecule has 8 nitrogen and oxygen atoms in total. The Balaban J connectivity index is 1.41. The first kappa shape index (κ1) is 30.5. The molecule has 5 rings (SSSR count). The van der Waals surface area contributed by atoms with Crippen molar-refractivity contribution < 1.29 is 19.8 Å². The van der Waals surface area contributed by atoms with Crippen LogP contribution in [0.3, 0.4) is 0 Å². The van der Waals surface area contributed by atoms with Gasteiger partial charge in [0.25, 0.3) is 11.5 Å². The third kappa shape index (κ3) is 6.06. The fraction of sp³-hybridized carbons (Fsp3) is 0.618. The lowest BCUT2D eigenvalue weighted by molar-refractivity contribution is -0.160. The molecule has 3 aliphatic rings. The van der Waals surface area contributed by atoms with Crippen LogP contribution >= 0.6 is 0 Å². The molecule has 0 bridgehead atoms. The normalized spacial score (nSPS) is 22.4. The summed E-state index contributed by atoms with van der Waals surface area (Å²) in [5, 5.41) is 22.2. The van der Waals surface area contributed by atoms with E-state index in [1.54, 1.807) is 32.4 Å². The van der Waals surface area contributed by atoms with Crippen LogP contribution < -0.4 is 5.56 Å². The van der Waals surface area contributed by atoms with Crippen molar-refractivity contribution in [3.63, 3.8) is 0 Å². The molecule has 1 aromatic carbocycles. The first-order valence-electron chi connectivity index (χ1n) is 15.8. The van der Waals surface area contributed by atoms with E-state index in [0.717, 1.165) is 32.1 Å². The Morgan fingerprint density at radius 3 is 2.40 bits per heavy atom. The van der Waals surface area contributed by atoms with Gasteiger partial charge in [0.05, 0.1) is 24.3 Å². The van der Waals surface area contributed by atoms with Crippen molar-refractivity contribution in [1.29, 1.82) is 0 Å². The van der Waals surface area contributed by atoms with Crippen molar-refractivity contribution in [1.82, 2.24) is 14.4 Å². The van der Waals surface area contributed by atoms with E-state index in [9.17, 15) is 24.6 Å². The monoisotopic (exact) mass is 577 g/mol. The number of benzene rings is 1. The van der Waals surface area contributed by atoms with E-state index in [-0.39, 0.29) is 30.5 Å². The summed E-state index contributed by atoms with van der Waals surface area (Å²) in [6.07, 6.45) is 13.4. The van der Waals surface area contributed by atoms with Crippen molar-refractivity contribution in [2.24, 2.45) is 11.3 Å². The summed E-state index contributed by atoms with van der Waals surface area (Å²) >= 11 is 0. The van der Waals surface area contributed by atoms with Crippen molar-refractivity contribution in [2.45, 2.75) is 95.8 Å². The lowest BCUT2D eigenvalue weighted by Gasteiger charge is -2.52. The first-order valence-corrected chi connectivity index (χ1v) is 15.8. The third-order valence-electron chi connectivity index (χ3n) is 10.4. The van der Waals surface area contributed by atoms with Gasteiger partial charge in [0, 0.05) is 56.8 Å². The van der Waals surface area contributed by atoms with Gasteiger partial charge in [-0.15, -0.1) is 0 Å². The number of hydrogen-bond donors (Lipinski definition) is 2. The molecule has 1 aromatic heterocycles. The maximum Gasteiger partial charge on any atom is 0.255 e. The second-order valence-corrected chi connectivity index (χ2v) is 13.2. The van der Waals surface area contributed by atoms with Gasteiger partial charge in [-0.25, -0.2) is 0 Å². The molecule has 1 aliphatic heterocycles. The van der Waals surface area contributed by atoms with Gasteiger partial charge in [0.15, 0.2) is 0 Å². The number of aliphatic hydroxyl groups excluding tert-OH is 1. The average molecular weight is 578 g/mol. The predicted molar refractivity (Wildman–Crippen MR) is 163 cm³/mol. The predicted octanol–water partition coefficient (Wildman–Crippen LogP) is 4.59. The molecule has 3 fully saturated rings. The van der Waals surface area contributed by atoms with Gasteiger partial charge in [-0.1, -0.05) is 69.2 Å². The molecule has 2 N–H and O–H groups in total. The molecule has 1 spiro atoms. The highest BCUT2D eigenvalue weighted by Gasteiger charge is 2.55. The third-order valence-corrected chi connectivity index (χ3v) is 10.4. The number of amides is 2. The highest BCUT2D eigenvalue weighted by Crippen LogP contribution is 2.51. The molecular formula is C34H47N3O5. The Morgan fingerprint density at radius 2 is 1.71 bits per heavy atom. The molecule has 8 heteroatoms. The van der Waals surface area contributed by atoms with Gasteiger partial charge in [0.2, 0.25) is 5.91 Å². The number of piperidine rings is 1. The lowest BCUT2D eigenvalue weighted by atomic mass is 9.65. The molecule has 2 aromatic rings. The van der Waals surface area contributed by atoms with Crippen LogP contribution in [0, 0.1) is 11.3 Å². The van der Waals surface area contributed by atoms with Gasteiger partial charge in [-0.05, 0) is 42.7 Å². The minimum absolute atomic E-state index is 0.0750. The second kappa shape index (κ2) is 12.7. The Morgan fingerprint density at radius 1 is 1.00 bits per heavy atom. The fourth-order valence-corrected chi connectivity index (χ4v) is 7.81. The van der Waals surface area contributed by atoms with E-state index < -0.39 is 11.0 Å². The smallest absolute Gasteiger partial charge is 0.255 e. The summed E-state index contributed by atoms with van der Waals surface area (Å²) in [4.78, 5) is 43.7. The zero-order valence-electron chi connectivity index (χ0n) is 25.3. The van der Waals surface area contributed by atoms with Gasteiger partial charge in [-0.3, -0.25) is 14.4 Å². The number of carbonyl (C=O) groups excluding carboxylic acids is 2. The molecule has 42 heavy (non-hydrogen) atoms. The minimum Gasteiger partial charge on any atom is -0.392 e. The summed E-state index contributed by atoms with van der Waals surface area (Å²) in [6.45, 7) is 0.855. The van der Waals surface area contributed by atoms with Crippen molar-refractivity contribution in [3.8, 4) is 11.1 Å². The second-order valence-electron chi connectivity index (χ2n) is 13.2. The Labute approximate surface area is 249 Å². The fourth-order valence-electron chi connectivity index (χ4n) is 7.81. The average Bonchev–Trinajstić information content (AvgIpc) is 3.48. The van der Waals surface area contributed by atoms with Crippen molar-refractivity contribution in [3.05, 3.63) is 58.0 Å². The molecule has 2 aliphatic carbocycles. The van der Waals surface area contributed by atoms with E-state index in [1.807, 2.05) is 17.0 Å². The molecular weight excluding hydrogens is 530 g/mol. The molecule has 228 valence electrons. The van der Waals surface area contributed by atoms with Gasteiger partial charge >= 0.3 is 0 Å². The van der Waals surface area contributed by atoms with Crippen LogP contribution in [-0.4, -0.2) is 69.2 Å². The topological polar surface area (TPSA) is 103 Å². The molecule has 2 heterocycles. The van der Waals surface area contributed by atoms with Crippen molar-refractivity contribution >= 4 is 11.8 Å². The summed E-state index contributed by atoms with van der Waals surface area (Å²) in [5.41, 5.74) is 0.142. The Bertz CT molecular complexity index is 1340. The quantitative estimate of drug-likeness (QED) is 0.478. The summed E-state index contributed by atoms with van der Waals surface area (Å²) in [6, 6.07) is 8.68. The van der Waals surface area contributed by atoms with Crippen LogP contribution in [0.4, 0.5) is 0 Å². The summed E-state index contributed by atoms with van der Waals surface area (Å²) in [7, 11) is 3.34. The highest BCUT2D eigenvalue weighted by atomic mass is 16.3. The molecule has 1 atom stereocenters. The van der Waals surface area contributed by atoms with Crippen LogP contribution in [0.5, 0.6) is 0 Å². The molecule has 1 saturated heterocycles. The van der Waals surface area contributed by atoms with Gasteiger partial charge < -0.3 is 24.6 Å². The standard InChI is InChI=1S/C34H47N3O5/c1-35(2)32(41)29-21-37(31(40)20-28(29)27-13-7-6-12-26(27)22-38)24-34(42)18-19-36(23-33(34)16-8-9-17-33)30(39)15-14-25-10-4-3-5-11-25/h6-7,12-13,20-21,25,38,42H,3-5,8-11,14-19,22-24H2,1-2H3. The number of aromatic nitrogens is 1. The van der Waals surface area contributed by atoms with E-state index in [2.05, 4.69) is 0 Å². The number of pyridine rings is 1. The SMILES string of the molecule is CN(C)C(=O)c1cn(CC2(O)CCN(C(=O)CCC3CCCCC3)CC23CCCC3)c(=O)cc1-c1ccccc1CO. The Hall–Kier alpha value is -2.97. The Kier molecular flexibility index (Phi) is 9.23. The summed E-state index contributed by atoms with van der Waals surface area (Å²) in [5.74, 6) is 0.590. The van der Waals surface area contributed by atoms with Gasteiger partial charge in [0.1, 0.15) is 0 Å². The molecule has 1 unspecified atom stereocenters. The van der Waals surface area contributed by atoms with Crippen molar-refractivity contribution in [2.75, 3.05) is 27.2 Å². The van der Waals surface area contributed by atoms with Crippen LogP contribution in [0.25, 0.3) is 11.1 Å². The number of aliphatic hydroxyl groups is 2. The zero-order chi connectivity index (χ0) is 29.9. The summed E-state index contributed by atoms with van der Waals surface area (Å²) < 4.78 is 1.49. The van der Waals surface area contributed by atoms with Crippen LogP contribution in [0.1, 0.15) is 93.0 Å². The maximum absolute atomic E-state index is 13.6. The number of rotatable bonds is 8. The number of likely N-dealkylation sites (tertiary alicyclic amines) is 1. The maximum atomic E-state index is 13.6. The van der Waals surface area contributed by atoms with Crippen LogP contribution in [-0.2, 0) is 17.9 Å². The van der Waals surface area contributed by atoms with Crippen LogP contribution in [0.2, 0.25) is 0 Å². The van der Waals surface area contributed by atoms with Gasteiger partial charge in [-0.2, -0.15) is 0 Å². The van der Waals surface area contributed by atoms with E-state index >= 15 is 0 Å². The number of carbonyl (C=O) groups is 2. The molecule has 2 saturated carbocycles. The van der Waals surface area contributed by atoms with E-state index in [0.29, 0.717) is 54.1 Å². The van der Waals surface area contributed by atoms with E-state index in [4.69, 9.17) is 0 Å². The zero-order valence-corrected chi connectivity index (χ0v) is 25.3. The number of nitrogens with zero attached hydrogens (tertiary/aromatic N) is 3. The highest BCUT2D eigenvalue weighted by molar-refractivity contribution is 6.00. The lowest BCUT2D eigenvalue weighted by Crippen LogP contribution is -2.62. The molecule has 2 amide bonds.